The van der Waals surface area contributed by atoms with Gasteiger partial charge in [0.05, 0.1) is 18.8 Å². The largest absolute Gasteiger partial charge is 0.466 e. The lowest BCUT2D eigenvalue weighted by molar-refractivity contribution is -0.145. The molecule has 0 radical (unpaired) electrons. The Labute approximate surface area is 155 Å². The Kier molecular flexibility index (Phi) is 5.37. The summed E-state index contributed by atoms with van der Waals surface area (Å²) in [4.78, 5) is 37.1. The van der Waals surface area contributed by atoms with E-state index in [0.29, 0.717) is 17.0 Å². The molecule has 0 aliphatic heterocycles. The fourth-order valence-corrected chi connectivity index (χ4v) is 4.24. The minimum absolute atomic E-state index is 0.213. The first-order valence-corrected chi connectivity index (χ1v) is 9.23. The van der Waals surface area contributed by atoms with Gasteiger partial charge in [-0.2, -0.15) is 0 Å². The van der Waals surface area contributed by atoms with Gasteiger partial charge < -0.3 is 14.8 Å². The number of carbonyl (C=O) groups is 3. The highest BCUT2D eigenvalue weighted by atomic mass is 32.1. The number of nitrogens with one attached hydrogen (secondary N) is 1. The van der Waals surface area contributed by atoms with Crippen LogP contribution in [0.4, 0.5) is 5.00 Å². The van der Waals surface area contributed by atoms with Gasteiger partial charge in [0.1, 0.15) is 11.4 Å². The predicted octanol–water partition coefficient (Wildman–Crippen LogP) is 3.39. The zero-order valence-electron chi connectivity index (χ0n) is 14.6. The van der Waals surface area contributed by atoms with Crippen molar-refractivity contribution < 1.29 is 23.9 Å². The molecule has 1 N–H and O–H groups in total. The molecule has 6 nitrogen and oxygen atoms in total. The smallest absolute Gasteiger partial charge is 0.341 e. The monoisotopic (exact) mass is 373 g/mol. The van der Waals surface area contributed by atoms with Crippen molar-refractivity contribution in [2.45, 2.75) is 26.7 Å². The van der Waals surface area contributed by atoms with Gasteiger partial charge in [-0.3, -0.25) is 9.59 Å². The molecular weight excluding hydrogens is 354 g/mol. The summed E-state index contributed by atoms with van der Waals surface area (Å²) in [5.41, 5.74) is 3.44. The lowest BCUT2D eigenvalue weighted by Crippen LogP contribution is -2.19. The van der Waals surface area contributed by atoms with Gasteiger partial charge >= 0.3 is 11.9 Å². The van der Waals surface area contributed by atoms with Crippen LogP contribution in [0.2, 0.25) is 0 Å². The fraction of sp³-hybridized carbons (Fsp3) is 0.316. The quantitative estimate of drug-likeness (QED) is 0.529. The summed E-state index contributed by atoms with van der Waals surface area (Å²) < 4.78 is 9.96. The number of amides is 1. The summed E-state index contributed by atoms with van der Waals surface area (Å²) in [5, 5.41) is 3.09. The standard InChI is InChI=1S/C19H19NO5S/c1-3-24-15(22)10-14(21)20-18-16(19(23)25-4-2)13-9-11-7-5-6-8-12(11)17(13)26-18/h5-8H,3-4,9-10H2,1-2H3,(H,20,21). The molecule has 0 unspecified atom stereocenters. The van der Waals surface area contributed by atoms with Gasteiger partial charge in [-0.05, 0) is 30.5 Å². The van der Waals surface area contributed by atoms with Gasteiger partial charge in [-0.15, -0.1) is 11.3 Å². The van der Waals surface area contributed by atoms with Crippen molar-refractivity contribution in [3.63, 3.8) is 0 Å². The van der Waals surface area contributed by atoms with Gasteiger partial charge in [-0.1, -0.05) is 24.3 Å². The molecule has 1 aliphatic rings. The zero-order chi connectivity index (χ0) is 18.7. The van der Waals surface area contributed by atoms with E-state index in [0.717, 1.165) is 21.6 Å². The van der Waals surface area contributed by atoms with Gasteiger partial charge in [0.15, 0.2) is 0 Å². The summed E-state index contributed by atoms with van der Waals surface area (Å²) in [5.74, 6) is -1.58. The second kappa shape index (κ2) is 7.70. The van der Waals surface area contributed by atoms with Crippen LogP contribution in [-0.4, -0.2) is 31.1 Å². The van der Waals surface area contributed by atoms with Gasteiger partial charge in [0.25, 0.3) is 0 Å². The van der Waals surface area contributed by atoms with E-state index in [2.05, 4.69) is 5.32 Å². The van der Waals surface area contributed by atoms with Crippen LogP contribution in [0.25, 0.3) is 10.4 Å². The maximum atomic E-state index is 12.5. The molecule has 0 bridgehead atoms. The van der Waals surface area contributed by atoms with Crippen LogP contribution >= 0.6 is 11.3 Å². The summed E-state index contributed by atoms with van der Waals surface area (Å²) in [6.07, 6.45) is 0.221. The minimum Gasteiger partial charge on any atom is -0.466 e. The molecule has 0 atom stereocenters. The van der Waals surface area contributed by atoms with Gasteiger partial charge in [-0.25, -0.2) is 4.79 Å². The lowest BCUT2D eigenvalue weighted by atomic mass is 10.1. The average Bonchev–Trinajstić information content (AvgIpc) is 3.10. The molecule has 0 saturated heterocycles. The fourth-order valence-electron chi connectivity index (χ4n) is 2.96. The van der Waals surface area contributed by atoms with Crippen LogP contribution in [0, 0.1) is 0 Å². The van der Waals surface area contributed by atoms with E-state index < -0.39 is 24.3 Å². The number of esters is 2. The first-order valence-electron chi connectivity index (χ1n) is 8.41. The lowest BCUT2D eigenvalue weighted by Gasteiger charge is -2.08. The number of carbonyl (C=O) groups excluding carboxylic acids is 3. The van der Waals surface area contributed by atoms with E-state index in [1.54, 1.807) is 13.8 Å². The Balaban J connectivity index is 1.92. The van der Waals surface area contributed by atoms with Gasteiger partial charge in [0, 0.05) is 11.3 Å². The highest BCUT2D eigenvalue weighted by Gasteiger charge is 2.31. The van der Waals surface area contributed by atoms with Crippen molar-refractivity contribution in [1.29, 1.82) is 0 Å². The first kappa shape index (κ1) is 18.1. The van der Waals surface area contributed by atoms with E-state index in [1.807, 2.05) is 24.3 Å². The molecular formula is C19H19NO5S. The van der Waals surface area contributed by atoms with Crippen LogP contribution in [0.1, 0.15) is 41.8 Å². The first-order chi connectivity index (χ1) is 12.5. The van der Waals surface area contributed by atoms with Crippen LogP contribution in [0.3, 0.4) is 0 Å². The third-order valence-electron chi connectivity index (χ3n) is 3.98. The Morgan fingerprint density at radius 1 is 1.12 bits per heavy atom. The molecule has 0 fully saturated rings. The molecule has 1 heterocycles. The van der Waals surface area contributed by atoms with Crippen molar-refractivity contribution in [1.82, 2.24) is 0 Å². The van der Waals surface area contributed by atoms with E-state index >= 15 is 0 Å². The molecule has 0 saturated carbocycles. The summed E-state index contributed by atoms with van der Waals surface area (Å²) in [7, 11) is 0. The number of fused-ring (bicyclic) bond motifs is 3. The average molecular weight is 373 g/mol. The summed E-state index contributed by atoms with van der Waals surface area (Å²) in [6, 6.07) is 7.92. The number of hydrogen-bond donors (Lipinski definition) is 1. The maximum absolute atomic E-state index is 12.5. The Hall–Kier alpha value is -2.67. The molecule has 1 amide bonds. The van der Waals surface area contributed by atoms with Gasteiger partial charge in [0.2, 0.25) is 5.91 Å². The summed E-state index contributed by atoms with van der Waals surface area (Å²) in [6.45, 7) is 3.87. The number of thiophene rings is 1. The topological polar surface area (TPSA) is 81.7 Å². The molecule has 7 heteroatoms. The van der Waals surface area contributed by atoms with Crippen LogP contribution in [0.5, 0.6) is 0 Å². The molecule has 1 aromatic carbocycles. The van der Waals surface area contributed by atoms with Crippen LogP contribution in [0.15, 0.2) is 24.3 Å². The van der Waals surface area contributed by atoms with Crippen molar-refractivity contribution in [3.05, 3.63) is 41.0 Å². The molecule has 1 aliphatic carbocycles. The highest BCUT2D eigenvalue weighted by molar-refractivity contribution is 7.20. The molecule has 136 valence electrons. The Bertz CT molecular complexity index is 871. The van der Waals surface area contributed by atoms with E-state index in [9.17, 15) is 14.4 Å². The molecule has 26 heavy (non-hydrogen) atoms. The van der Waals surface area contributed by atoms with E-state index in [1.165, 1.54) is 11.3 Å². The van der Waals surface area contributed by atoms with Crippen molar-refractivity contribution >= 4 is 34.2 Å². The summed E-state index contributed by atoms with van der Waals surface area (Å²) >= 11 is 1.33. The molecule has 0 spiro atoms. The Morgan fingerprint density at radius 2 is 1.85 bits per heavy atom. The highest BCUT2D eigenvalue weighted by Crippen LogP contribution is 2.47. The second-order valence-electron chi connectivity index (χ2n) is 5.70. The Morgan fingerprint density at radius 3 is 2.58 bits per heavy atom. The molecule has 2 aromatic rings. The van der Waals surface area contributed by atoms with Crippen molar-refractivity contribution in [2.75, 3.05) is 18.5 Å². The normalized spacial score (nSPS) is 11.5. The molecule has 3 rings (SSSR count). The maximum Gasteiger partial charge on any atom is 0.341 e. The number of rotatable bonds is 6. The predicted molar refractivity (Wildman–Crippen MR) is 98.4 cm³/mol. The third kappa shape index (κ3) is 3.48. The van der Waals surface area contributed by atoms with Crippen LogP contribution in [-0.2, 0) is 25.5 Å². The molecule has 1 aromatic heterocycles. The number of benzene rings is 1. The number of ether oxygens (including phenoxy) is 2. The van der Waals surface area contributed by atoms with E-state index in [-0.39, 0.29) is 13.2 Å². The minimum atomic E-state index is -0.600. The second-order valence-corrected chi connectivity index (χ2v) is 6.72. The van der Waals surface area contributed by atoms with Crippen molar-refractivity contribution in [3.8, 4) is 10.4 Å². The van der Waals surface area contributed by atoms with Crippen molar-refractivity contribution in [2.24, 2.45) is 0 Å². The number of anilines is 1. The SMILES string of the molecule is CCOC(=O)CC(=O)Nc1sc2c(c1C(=O)OCC)Cc1ccccc1-2. The van der Waals surface area contributed by atoms with Crippen LogP contribution < -0.4 is 5.32 Å². The van der Waals surface area contributed by atoms with E-state index in [4.69, 9.17) is 9.47 Å². The number of hydrogen-bond acceptors (Lipinski definition) is 6. The zero-order valence-corrected chi connectivity index (χ0v) is 15.4. The third-order valence-corrected chi connectivity index (χ3v) is 5.16.